The van der Waals surface area contributed by atoms with Crippen molar-refractivity contribution in [2.24, 2.45) is 5.41 Å². The summed E-state index contributed by atoms with van der Waals surface area (Å²) in [7, 11) is 0. The van der Waals surface area contributed by atoms with Gasteiger partial charge in [-0.25, -0.2) is 9.59 Å². The summed E-state index contributed by atoms with van der Waals surface area (Å²) in [5.41, 5.74) is -2.98. The van der Waals surface area contributed by atoms with Crippen molar-refractivity contribution in [2.75, 3.05) is 19.8 Å². The van der Waals surface area contributed by atoms with E-state index in [1.54, 1.807) is 32.9 Å². The number of nitrogens with one attached hydrogen (secondary N) is 1. The van der Waals surface area contributed by atoms with Crippen LogP contribution in [-0.4, -0.2) is 65.5 Å². The van der Waals surface area contributed by atoms with Crippen molar-refractivity contribution in [3.05, 3.63) is 35.4 Å². The number of amides is 3. The Kier molecular flexibility index (Phi) is 4.26. The lowest BCUT2D eigenvalue weighted by Gasteiger charge is -2.48. The molecule has 1 N–H and O–H groups in total. The zero-order valence-corrected chi connectivity index (χ0v) is 18.1. The minimum Gasteiger partial charge on any atom is -0.444 e. The predicted octanol–water partition coefficient (Wildman–Crippen LogP) is 1.58. The van der Waals surface area contributed by atoms with Crippen molar-refractivity contribution < 1.29 is 38.2 Å². The molecule has 32 heavy (non-hydrogen) atoms. The summed E-state index contributed by atoms with van der Waals surface area (Å²) in [6, 6.07) is 6.30. The van der Waals surface area contributed by atoms with E-state index in [1.165, 1.54) is 12.1 Å². The average Bonchev–Trinajstić information content (AvgIpc) is 3.24. The lowest BCUT2D eigenvalue weighted by molar-refractivity contribution is -0.228. The first-order valence-corrected chi connectivity index (χ1v) is 10.5. The standard InChI is InChI=1S/C22H24N2O8/c1-19(2,3)30-18(28)23-10-20-8-21(9-20,22(32-20)11-29-12-22)17(27)31-24-15(25)13-6-4-5-7-14(13)16(24)26/h4-7H,8-12H2,1-3H3,(H,23,28). The van der Waals surface area contributed by atoms with Crippen LogP contribution in [0.3, 0.4) is 0 Å². The van der Waals surface area contributed by atoms with Crippen molar-refractivity contribution in [1.82, 2.24) is 10.4 Å². The number of hydrogen-bond acceptors (Lipinski definition) is 8. The number of hydroxylamine groups is 2. The van der Waals surface area contributed by atoms with Crippen molar-refractivity contribution >= 4 is 23.9 Å². The van der Waals surface area contributed by atoms with Crippen molar-refractivity contribution in [3.8, 4) is 0 Å². The number of carbonyl (C=O) groups excluding carboxylic acids is 4. The minimum atomic E-state index is -1.06. The highest BCUT2D eigenvalue weighted by Gasteiger charge is 2.81. The summed E-state index contributed by atoms with van der Waals surface area (Å²) in [5, 5.41) is 3.22. The monoisotopic (exact) mass is 444 g/mol. The Morgan fingerprint density at radius 1 is 1.09 bits per heavy atom. The van der Waals surface area contributed by atoms with Crippen LogP contribution in [0.5, 0.6) is 0 Å². The third-order valence-corrected chi connectivity index (χ3v) is 6.48. The molecule has 1 aromatic carbocycles. The Morgan fingerprint density at radius 3 is 2.19 bits per heavy atom. The van der Waals surface area contributed by atoms with Gasteiger partial charge in [-0.15, -0.1) is 0 Å². The van der Waals surface area contributed by atoms with Crippen LogP contribution in [0.2, 0.25) is 0 Å². The summed E-state index contributed by atoms with van der Waals surface area (Å²) < 4.78 is 16.9. The summed E-state index contributed by atoms with van der Waals surface area (Å²) in [4.78, 5) is 55.8. The van der Waals surface area contributed by atoms with Gasteiger partial charge in [0.05, 0.1) is 36.5 Å². The maximum absolute atomic E-state index is 13.3. The molecular formula is C22H24N2O8. The van der Waals surface area contributed by atoms with Crippen LogP contribution in [0, 0.1) is 5.41 Å². The van der Waals surface area contributed by atoms with E-state index in [4.69, 9.17) is 19.0 Å². The first-order valence-electron chi connectivity index (χ1n) is 10.5. The van der Waals surface area contributed by atoms with Gasteiger partial charge in [0.25, 0.3) is 11.8 Å². The highest BCUT2D eigenvalue weighted by atomic mass is 16.7. The number of ether oxygens (including phenoxy) is 3. The normalized spacial score (nSPS) is 29.3. The summed E-state index contributed by atoms with van der Waals surface area (Å²) >= 11 is 0. The highest BCUT2D eigenvalue weighted by Crippen LogP contribution is 2.69. The van der Waals surface area contributed by atoms with E-state index >= 15 is 0 Å². The first kappa shape index (κ1) is 20.9. The van der Waals surface area contributed by atoms with Gasteiger partial charge >= 0.3 is 12.1 Å². The molecule has 1 aliphatic carbocycles. The Hall–Kier alpha value is -2.98. The van der Waals surface area contributed by atoms with E-state index in [2.05, 4.69) is 5.32 Å². The molecule has 10 heteroatoms. The number of hydrogen-bond donors (Lipinski definition) is 1. The van der Waals surface area contributed by atoms with Gasteiger partial charge in [-0.1, -0.05) is 17.2 Å². The largest absolute Gasteiger partial charge is 0.444 e. The topological polar surface area (TPSA) is 120 Å². The molecule has 1 aromatic rings. The summed E-state index contributed by atoms with van der Waals surface area (Å²) in [5.74, 6) is -2.06. The lowest BCUT2D eigenvalue weighted by atomic mass is 9.55. The molecule has 0 atom stereocenters. The Bertz CT molecular complexity index is 998. The quantitative estimate of drug-likeness (QED) is 0.695. The van der Waals surface area contributed by atoms with Gasteiger partial charge in [-0.3, -0.25) is 9.59 Å². The van der Waals surface area contributed by atoms with Gasteiger partial charge < -0.3 is 24.4 Å². The maximum atomic E-state index is 13.3. The number of rotatable bonds is 4. The van der Waals surface area contributed by atoms with Crippen molar-refractivity contribution in [1.29, 1.82) is 0 Å². The van der Waals surface area contributed by atoms with Crippen LogP contribution in [0.1, 0.15) is 54.3 Å². The molecule has 3 saturated heterocycles. The van der Waals surface area contributed by atoms with Gasteiger partial charge in [0, 0.05) is 0 Å². The van der Waals surface area contributed by atoms with Crippen LogP contribution >= 0.6 is 0 Å². The second-order valence-corrected chi connectivity index (χ2v) is 9.89. The smallest absolute Gasteiger partial charge is 0.407 e. The first-order chi connectivity index (χ1) is 15.0. The van der Waals surface area contributed by atoms with E-state index in [1.807, 2.05) is 0 Å². The SMILES string of the molecule is CC(C)(C)OC(=O)NCC12CC(C(=O)ON3C(=O)c4ccccc4C3=O)(C1)C1(COC1)O2. The number of imide groups is 1. The Morgan fingerprint density at radius 2 is 1.69 bits per heavy atom. The van der Waals surface area contributed by atoms with Gasteiger partial charge in [-0.2, -0.15) is 0 Å². The fraction of sp³-hybridized carbons (Fsp3) is 0.545. The van der Waals surface area contributed by atoms with Gasteiger partial charge in [0.2, 0.25) is 0 Å². The molecule has 6 rings (SSSR count). The fourth-order valence-corrected chi connectivity index (χ4v) is 5.04. The van der Waals surface area contributed by atoms with Gasteiger partial charge in [-0.05, 0) is 45.7 Å². The Labute approximate surface area is 184 Å². The fourth-order valence-electron chi connectivity index (χ4n) is 5.04. The number of fused-ring (bicyclic) bond motifs is 1. The highest BCUT2D eigenvalue weighted by molar-refractivity contribution is 6.21. The molecule has 0 unspecified atom stereocenters. The number of nitrogens with zero attached hydrogens (tertiary/aromatic N) is 1. The third kappa shape index (κ3) is 2.86. The number of carbonyl (C=O) groups is 4. The van der Waals surface area contributed by atoms with Crippen LogP contribution in [0.15, 0.2) is 24.3 Å². The second-order valence-electron chi connectivity index (χ2n) is 9.89. The molecule has 10 nitrogen and oxygen atoms in total. The van der Waals surface area contributed by atoms with E-state index in [0.29, 0.717) is 5.06 Å². The molecule has 5 aliphatic rings. The third-order valence-electron chi connectivity index (χ3n) is 6.48. The summed E-state index contributed by atoms with van der Waals surface area (Å²) in [6.07, 6.45) is -0.0186. The van der Waals surface area contributed by atoms with E-state index in [0.717, 1.165) is 0 Å². The number of benzene rings is 1. The van der Waals surface area contributed by atoms with Crippen LogP contribution in [0.4, 0.5) is 4.79 Å². The van der Waals surface area contributed by atoms with E-state index in [-0.39, 0.29) is 43.7 Å². The number of alkyl carbamates (subject to hydrolysis) is 1. The van der Waals surface area contributed by atoms with E-state index in [9.17, 15) is 19.2 Å². The predicted molar refractivity (Wildman–Crippen MR) is 106 cm³/mol. The molecular weight excluding hydrogens is 420 g/mol. The molecule has 170 valence electrons. The molecule has 0 aromatic heterocycles. The molecule has 0 radical (unpaired) electrons. The summed E-state index contributed by atoms with van der Waals surface area (Å²) in [6.45, 7) is 5.84. The zero-order chi connectivity index (χ0) is 22.9. The average molecular weight is 444 g/mol. The van der Waals surface area contributed by atoms with Crippen LogP contribution in [-0.2, 0) is 23.8 Å². The van der Waals surface area contributed by atoms with Gasteiger partial charge in [0.15, 0.2) is 0 Å². The van der Waals surface area contributed by atoms with Crippen LogP contribution in [0.25, 0.3) is 0 Å². The molecule has 4 fully saturated rings. The van der Waals surface area contributed by atoms with Crippen LogP contribution < -0.4 is 5.32 Å². The maximum Gasteiger partial charge on any atom is 0.407 e. The molecule has 4 heterocycles. The molecule has 1 saturated carbocycles. The van der Waals surface area contributed by atoms with Crippen molar-refractivity contribution in [3.63, 3.8) is 0 Å². The molecule has 1 spiro atoms. The Balaban J connectivity index is 1.29. The second kappa shape index (κ2) is 6.52. The zero-order valence-electron chi connectivity index (χ0n) is 18.1. The molecule has 4 aliphatic heterocycles. The van der Waals surface area contributed by atoms with Gasteiger partial charge in [0.1, 0.15) is 16.6 Å². The van der Waals surface area contributed by atoms with E-state index < -0.39 is 46.1 Å². The van der Waals surface area contributed by atoms with Crippen molar-refractivity contribution in [2.45, 2.75) is 50.4 Å². The molecule has 3 amide bonds. The lowest BCUT2D eigenvalue weighted by Crippen LogP contribution is -2.64. The molecule has 2 bridgehead atoms. The minimum absolute atomic E-state index is 0.158.